The molecule has 13 nitrogen and oxygen atoms in total. The van der Waals surface area contributed by atoms with E-state index in [1.54, 1.807) is 24.4 Å². The molecule has 2 saturated heterocycles. The van der Waals surface area contributed by atoms with Gasteiger partial charge in [-0.1, -0.05) is 24.3 Å². The first kappa shape index (κ1) is 35.3. The summed E-state index contributed by atoms with van der Waals surface area (Å²) in [4.78, 5) is 71.0. The lowest BCUT2D eigenvalue weighted by atomic mass is 9.88. The highest BCUT2D eigenvalue weighted by atomic mass is 79.9. The van der Waals surface area contributed by atoms with Crippen LogP contribution in [0, 0.1) is 0 Å². The van der Waals surface area contributed by atoms with Crippen molar-refractivity contribution < 1.29 is 28.7 Å². The van der Waals surface area contributed by atoms with E-state index in [0.717, 1.165) is 49.4 Å². The predicted octanol–water partition coefficient (Wildman–Crippen LogP) is 4.39. The molecule has 3 aliphatic heterocycles. The van der Waals surface area contributed by atoms with Crippen molar-refractivity contribution in [3.8, 4) is 11.5 Å². The van der Waals surface area contributed by atoms with E-state index in [0.29, 0.717) is 40.8 Å². The first-order valence-corrected chi connectivity index (χ1v) is 18.3. The first-order chi connectivity index (χ1) is 25.2. The summed E-state index contributed by atoms with van der Waals surface area (Å²) in [7, 11) is 2.10. The van der Waals surface area contributed by atoms with Crippen molar-refractivity contribution in [3.63, 3.8) is 0 Å². The fourth-order valence-electron chi connectivity index (χ4n) is 7.22. The number of unbranched alkanes of at least 4 members (excludes halogenated alkanes) is 2. The van der Waals surface area contributed by atoms with Crippen molar-refractivity contribution in [1.82, 2.24) is 24.5 Å². The van der Waals surface area contributed by atoms with Gasteiger partial charge in [0, 0.05) is 31.7 Å². The molecule has 4 amide bonds. The Balaban J connectivity index is 0.861. The molecule has 0 saturated carbocycles. The predicted molar refractivity (Wildman–Crippen MR) is 196 cm³/mol. The highest BCUT2D eigenvalue weighted by molar-refractivity contribution is 9.10. The van der Waals surface area contributed by atoms with Gasteiger partial charge in [-0.3, -0.25) is 38.6 Å². The fraction of sp³-hybridized carbons (Fsp3) is 0.368. The number of hydrogen-bond acceptors (Lipinski definition) is 10. The molecule has 0 spiro atoms. The van der Waals surface area contributed by atoms with E-state index < -0.39 is 29.7 Å². The molecule has 2 N–H and O–H groups in total. The summed E-state index contributed by atoms with van der Waals surface area (Å²) in [5.41, 5.74) is 2.02. The molecule has 5 heterocycles. The number of amides is 4. The normalized spacial score (nSPS) is 20.6. The number of rotatable bonds is 12. The second-order valence-electron chi connectivity index (χ2n) is 13.5. The number of benzene rings is 2. The standard InChI is InChI=1S/C38H39BrN6O7/c1-43-21-24(20-25(22-43)40-34-33(39)38(50)44-17-4-3-10-30(44)41-34)23-11-13-26(14-12-23)51-18-5-2-6-19-52-29-9-7-8-27-32(29)37(49)45(36(27)48)28-15-16-31(46)42-35(28)47/h3-4,7-14,17,24-25,28,40H,2,5-6,15-16,18-22H2,1H3,(H,42,46,47). The topological polar surface area (TPSA) is 152 Å². The number of carbonyl (C=O) groups is 4. The number of pyridine rings is 1. The van der Waals surface area contributed by atoms with Crippen molar-refractivity contribution in [2.75, 3.05) is 38.7 Å². The molecule has 0 aliphatic carbocycles. The summed E-state index contributed by atoms with van der Waals surface area (Å²) >= 11 is 3.46. The van der Waals surface area contributed by atoms with Gasteiger partial charge in [0.2, 0.25) is 11.8 Å². The Kier molecular flexibility index (Phi) is 10.4. The Bertz CT molecular complexity index is 2090. The van der Waals surface area contributed by atoms with E-state index in [1.165, 1.54) is 9.96 Å². The van der Waals surface area contributed by atoms with Gasteiger partial charge in [0.05, 0.1) is 24.3 Å². The van der Waals surface area contributed by atoms with Gasteiger partial charge < -0.3 is 19.7 Å². The van der Waals surface area contributed by atoms with Crippen LogP contribution in [0.2, 0.25) is 0 Å². The number of likely N-dealkylation sites (tertiary alicyclic amines) is 1. The minimum Gasteiger partial charge on any atom is -0.494 e. The summed E-state index contributed by atoms with van der Waals surface area (Å²) in [6, 6.07) is 17.7. The van der Waals surface area contributed by atoms with Crippen molar-refractivity contribution in [2.45, 2.75) is 56.5 Å². The van der Waals surface area contributed by atoms with Crippen LogP contribution in [0.1, 0.15) is 70.7 Å². The van der Waals surface area contributed by atoms with E-state index in [9.17, 15) is 24.0 Å². The molecule has 7 rings (SSSR count). The molecule has 14 heteroatoms. The Morgan fingerprint density at radius 1 is 0.904 bits per heavy atom. The third-order valence-electron chi connectivity index (χ3n) is 9.75. The van der Waals surface area contributed by atoms with E-state index in [1.807, 2.05) is 30.3 Å². The molecular formula is C38H39BrN6O7. The van der Waals surface area contributed by atoms with Crippen LogP contribution in [0.5, 0.6) is 11.5 Å². The van der Waals surface area contributed by atoms with Crippen LogP contribution in [-0.2, 0) is 9.59 Å². The van der Waals surface area contributed by atoms with Gasteiger partial charge in [-0.05, 0) is 103 Å². The smallest absolute Gasteiger partial charge is 0.274 e. The molecule has 270 valence electrons. The average Bonchev–Trinajstić information content (AvgIpc) is 3.39. The molecule has 2 fully saturated rings. The second kappa shape index (κ2) is 15.3. The monoisotopic (exact) mass is 770 g/mol. The number of halogens is 1. The Morgan fingerprint density at radius 2 is 1.69 bits per heavy atom. The maximum absolute atomic E-state index is 13.3. The number of ether oxygens (including phenoxy) is 2. The van der Waals surface area contributed by atoms with Crippen molar-refractivity contribution in [1.29, 1.82) is 0 Å². The number of piperidine rings is 2. The molecule has 2 aromatic heterocycles. The quantitative estimate of drug-likeness (QED) is 0.157. The Hall–Kier alpha value is -5.08. The van der Waals surface area contributed by atoms with Gasteiger partial charge in [0.15, 0.2) is 0 Å². The highest BCUT2D eigenvalue weighted by Gasteiger charge is 2.46. The van der Waals surface area contributed by atoms with Crippen molar-refractivity contribution in [2.24, 2.45) is 0 Å². The average molecular weight is 772 g/mol. The van der Waals surface area contributed by atoms with Gasteiger partial charge in [0.1, 0.15) is 33.5 Å². The number of fused-ring (bicyclic) bond motifs is 2. The van der Waals surface area contributed by atoms with E-state index >= 15 is 0 Å². The highest BCUT2D eigenvalue weighted by Crippen LogP contribution is 2.34. The maximum Gasteiger partial charge on any atom is 0.274 e. The number of aromatic nitrogens is 2. The number of likely N-dealkylation sites (N-methyl/N-ethyl adjacent to an activating group) is 1. The van der Waals surface area contributed by atoms with Crippen LogP contribution < -0.4 is 25.7 Å². The van der Waals surface area contributed by atoms with E-state index in [-0.39, 0.29) is 35.6 Å². The molecule has 3 unspecified atom stereocenters. The van der Waals surface area contributed by atoms with Crippen molar-refractivity contribution in [3.05, 3.63) is 98.4 Å². The Labute approximate surface area is 308 Å². The number of carbonyl (C=O) groups excluding carboxylic acids is 4. The van der Waals surface area contributed by atoms with Gasteiger partial charge in [-0.25, -0.2) is 4.98 Å². The zero-order chi connectivity index (χ0) is 36.4. The van der Waals surface area contributed by atoms with E-state index in [2.05, 4.69) is 55.6 Å². The van der Waals surface area contributed by atoms with Crippen LogP contribution in [0.25, 0.3) is 5.65 Å². The minimum absolute atomic E-state index is 0.0647. The van der Waals surface area contributed by atoms with Gasteiger partial charge in [-0.2, -0.15) is 0 Å². The molecule has 2 aromatic carbocycles. The second-order valence-corrected chi connectivity index (χ2v) is 14.2. The SMILES string of the molecule is CN1CC(Nc2nc3ccccn3c(=O)c2Br)CC(c2ccc(OCCCCCOc3cccc4c3C(=O)N(C3CCC(=O)NC3=O)C4=O)cc2)C1. The minimum atomic E-state index is -1.02. The largest absolute Gasteiger partial charge is 0.494 e. The lowest BCUT2D eigenvalue weighted by Crippen LogP contribution is -2.54. The number of nitrogens with zero attached hydrogens (tertiary/aromatic N) is 4. The Morgan fingerprint density at radius 3 is 2.48 bits per heavy atom. The molecule has 52 heavy (non-hydrogen) atoms. The molecule has 0 bridgehead atoms. The molecule has 3 aliphatic rings. The molecular weight excluding hydrogens is 732 g/mol. The number of hydrogen-bond donors (Lipinski definition) is 2. The first-order valence-electron chi connectivity index (χ1n) is 17.5. The van der Waals surface area contributed by atoms with E-state index in [4.69, 9.17) is 9.47 Å². The van der Waals surface area contributed by atoms with Gasteiger partial charge >= 0.3 is 0 Å². The van der Waals surface area contributed by atoms with Crippen LogP contribution in [0.4, 0.5) is 5.82 Å². The lowest BCUT2D eigenvalue weighted by molar-refractivity contribution is -0.136. The third-order valence-corrected chi connectivity index (χ3v) is 10.5. The molecule has 4 aromatic rings. The summed E-state index contributed by atoms with van der Waals surface area (Å²) in [6.07, 6.45) is 5.13. The number of anilines is 1. The van der Waals surface area contributed by atoms with Gasteiger partial charge in [0.25, 0.3) is 17.4 Å². The molecule has 3 atom stereocenters. The van der Waals surface area contributed by atoms with Crippen LogP contribution in [0.3, 0.4) is 0 Å². The van der Waals surface area contributed by atoms with Crippen LogP contribution in [-0.4, -0.2) is 88.2 Å². The van der Waals surface area contributed by atoms with Gasteiger partial charge in [-0.15, -0.1) is 0 Å². The zero-order valence-electron chi connectivity index (χ0n) is 28.7. The summed E-state index contributed by atoms with van der Waals surface area (Å²) in [5.74, 6) is -0.239. The van der Waals surface area contributed by atoms with Crippen LogP contribution in [0.15, 0.2) is 76.1 Å². The fourth-order valence-corrected chi connectivity index (χ4v) is 7.61. The number of nitrogens with one attached hydrogen (secondary N) is 2. The van der Waals surface area contributed by atoms with Crippen molar-refractivity contribution >= 4 is 51.0 Å². The van der Waals surface area contributed by atoms with Crippen LogP contribution >= 0.6 is 15.9 Å². The molecule has 0 radical (unpaired) electrons. The lowest BCUT2D eigenvalue weighted by Gasteiger charge is -2.36. The summed E-state index contributed by atoms with van der Waals surface area (Å²) in [6.45, 7) is 2.64. The number of imide groups is 2. The summed E-state index contributed by atoms with van der Waals surface area (Å²) < 4.78 is 13.9. The zero-order valence-corrected chi connectivity index (χ0v) is 30.3. The third kappa shape index (κ3) is 7.30. The maximum atomic E-state index is 13.3. The summed E-state index contributed by atoms with van der Waals surface area (Å²) in [5, 5.41) is 5.72.